The fourth-order valence-corrected chi connectivity index (χ4v) is 12.3. The molecule has 1 aliphatic heterocycles. The molecule has 58 heavy (non-hydrogen) atoms. The number of fused-ring (bicyclic) bond motifs is 11. The van der Waals surface area contributed by atoms with E-state index in [0.717, 1.165) is 22.7 Å². The van der Waals surface area contributed by atoms with Crippen molar-refractivity contribution in [3.05, 3.63) is 197 Å². The summed E-state index contributed by atoms with van der Waals surface area (Å²) < 4.78 is 2.61. The average Bonchev–Trinajstić information content (AvgIpc) is 3.86. The second-order valence-corrected chi connectivity index (χ2v) is 18.4. The molecule has 0 amide bonds. The summed E-state index contributed by atoms with van der Waals surface area (Å²) in [6.07, 6.45) is 8.74. The molecule has 1 spiro atoms. The monoisotopic (exact) mass is 764 g/mol. The maximum absolute atomic E-state index is 5.36. The van der Waals surface area contributed by atoms with Crippen LogP contribution in [0, 0.1) is 0 Å². The van der Waals surface area contributed by atoms with Crippen molar-refractivity contribution in [3.63, 3.8) is 0 Å². The van der Waals surface area contributed by atoms with Gasteiger partial charge in [-0.3, -0.25) is 4.99 Å². The van der Waals surface area contributed by atoms with E-state index in [4.69, 9.17) is 4.99 Å². The Morgan fingerprint density at radius 3 is 2.09 bits per heavy atom. The molecule has 3 aliphatic carbocycles. The number of rotatable bonds is 4. The van der Waals surface area contributed by atoms with Crippen LogP contribution in [0.25, 0.3) is 59.3 Å². The number of aliphatic imine (C=N–C) groups is 1. The molecule has 1 N–H and O–H groups in total. The number of hydrogen-bond donors (Lipinski definition) is 1. The van der Waals surface area contributed by atoms with E-state index < -0.39 is 0 Å². The van der Waals surface area contributed by atoms with Gasteiger partial charge in [0.25, 0.3) is 0 Å². The molecule has 12 rings (SSSR count). The second kappa shape index (κ2) is 12.7. The molecule has 8 aromatic rings. The summed E-state index contributed by atoms with van der Waals surface area (Å²) in [6, 6.07) is 56.6. The van der Waals surface area contributed by atoms with Crippen LogP contribution in [0.4, 0.5) is 0 Å². The molecular weight excluding hydrogens is 721 g/mol. The molecule has 1 aromatic heterocycles. The number of nitrogens with zero attached hydrogens (tertiary/aromatic N) is 1. The van der Waals surface area contributed by atoms with Gasteiger partial charge in [-0.2, -0.15) is 0 Å². The van der Waals surface area contributed by atoms with Crippen molar-refractivity contribution in [1.29, 1.82) is 0 Å². The van der Waals surface area contributed by atoms with Gasteiger partial charge in [0, 0.05) is 42.3 Å². The molecule has 4 aliphatic rings. The van der Waals surface area contributed by atoms with E-state index in [1.807, 2.05) is 11.3 Å². The summed E-state index contributed by atoms with van der Waals surface area (Å²) in [5, 5.41) is 6.28. The van der Waals surface area contributed by atoms with Gasteiger partial charge in [0.05, 0.1) is 6.04 Å². The van der Waals surface area contributed by atoms with Crippen molar-refractivity contribution < 1.29 is 0 Å². The normalized spacial score (nSPS) is 18.3. The zero-order chi connectivity index (χ0) is 38.6. The van der Waals surface area contributed by atoms with E-state index >= 15 is 0 Å². The molecule has 0 bridgehead atoms. The first-order valence-corrected chi connectivity index (χ1v) is 21.9. The van der Waals surface area contributed by atoms with Crippen molar-refractivity contribution in [2.75, 3.05) is 0 Å². The third-order valence-electron chi connectivity index (χ3n) is 13.9. The summed E-state index contributed by atoms with van der Waals surface area (Å²) >= 11 is 1.89. The van der Waals surface area contributed by atoms with Crippen LogP contribution in [0.2, 0.25) is 0 Å². The zero-order valence-electron chi connectivity index (χ0n) is 33.0. The maximum Gasteiger partial charge on any atom is 0.133 e. The lowest BCUT2D eigenvalue weighted by atomic mass is 9.67. The van der Waals surface area contributed by atoms with Gasteiger partial charge in [0.1, 0.15) is 5.84 Å². The molecule has 1 fully saturated rings. The van der Waals surface area contributed by atoms with Crippen molar-refractivity contribution >= 4 is 43.0 Å². The third-order valence-corrected chi connectivity index (χ3v) is 15.2. The number of thiophene rings is 1. The van der Waals surface area contributed by atoms with Gasteiger partial charge in [-0.15, -0.1) is 11.3 Å². The van der Waals surface area contributed by atoms with Crippen LogP contribution < -0.4 is 5.32 Å². The molecule has 3 heteroatoms. The SMILES string of the molecule is CC1(C)c2cc3c(cc2-c2c(-c4ccc5sc6c(C7C=C(c8ccccc8)NC(c8ccccc8)=N7)cccc6c5c4)cccc21)C1(CCCCC1)c1ccccc1-3. The zero-order valence-corrected chi connectivity index (χ0v) is 33.8. The molecule has 1 atom stereocenters. The molecule has 7 aromatic carbocycles. The highest BCUT2D eigenvalue weighted by atomic mass is 32.1. The first-order chi connectivity index (χ1) is 28.5. The van der Waals surface area contributed by atoms with Crippen LogP contribution in [-0.2, 0) is 10.8 Å². The molecular formula is C55H44N2S. The van der Waals surface area contributed by atoms with Gasteiger partial charge in [0.2, 0.25) is 0 Å². The van der Waals surface area contributed by atoms with Gasteiger partial charge in [-0.1, -0.05) is 161 Å². The Hall–Kier alpha value is -6.03. The molecule has 1 saturated carbocycles. The lowest BCUT2D eigenvalue weighted by molar-refractivity contribution is 0.353. The lowest BCUT2D eigenvalue weighted by Gasteiger charge is -2.36. The topological polar surface area (TPSA) is 24.4 Å². The highest BCUT2D eigenvalue weighted by Gasteiger charge is 2.46. The maximum atomic E-state index is 5.36. The van der Waals surface area contributed by atoms with Crippen LogP contribution in [0.5, 0.6) is 0 Å². The molecule has 280 valence electrons. The minimum absolute atomic E-state index is 0.0961. The highest BCUT2D eigenvalue weighted by Crippen LogP contribution is 2.60. The van der Waals surface area contributed by atoms with Gasteiger partial charge in [0.15, 0.2) is 0 Å². The van der Waals surface area contributed by atoms with Gasteiger partial charge < -0.3 is 5.32 Å². The molecule has 1 unspecified atom stereocenters. The van der Waals surface area contributed by atoms with Crippen molar-refractivity contribution in [2.45, 2.75) is 62.8 Å². The minimum atomic E-state index is -0.126. The highest BCUT2D eigenvalue weighted by molar-refractivity contribution is 7.26. The second-order valence-electron chi connectivity index (χ2n) is 17.4. The van der Waals surface area contributed by atoms with E-state index in [9.17, 15) is 0 Å². The summed E-state index contributed by atoms with van der Waals surface area (Å²) in [6.45, 7) is 4.87. The molecule has 0 saturated heterocycles. The van der Waals surface area contributed by atoms with Crippen LogP contribution in [0.3, 0.4) is 0 Å². The molecule has 2 heterocycles. The van der Waals surface area contributed by atoms with E-state index in [1.54, 1.807) is 11.1 Å². The smallest absolute Gasteiger partial charge is 0.133 e. The van der Waals surface area contributed by atoms with Crippen molar-refractivity contribution in [1.82, 2.24) is 5.32 Å². The average molecular weight is 765 g/mol. The van der Waals surface area contributed by atoms with E-state index in [0.29, 0.717) is 0 Å². The summed E-state index contributed by atoms with van der Waals surface area (Å²) in [5.74, 6) is 0.900. The van der Waals surface area contributed by atoms with E-state index in [1.165, 1.54) is 102 Å². The van der Waals surface area contributed by atoms with Gasteiger partial charge >= 0.3 is 0 Å². The first kappa shape index (κ1) is 34.0. The number of hydrogen-bond acceptors (Lipinski definition) is 3. The minimum Gasteiger partial charge on any atom is -0.340 e. The summed E-state index contributed by atoms with van der Waals surface area (Å²) in [4.78, 5) is 5.36. The van der Waals surface area contributed by atoms with Crippen LogP contribution in [-0.4, -0.2) is 5.84 Å². The largest absolute Gasteiger partial charge is 0.340 e. The molecule has 2 nitrogen and oxygen atoms in total. The van der Waals surface area contributed by atoms with Crippen molar-refractivity contribution in [3.8, 4) is 33.4 Å². The Balaban J connectivity index is 1.00. The predicted molar refractivity (Wildman–Crippen MR) is 245 cm³/mol. The quantitative estimate of drug-likeness (QED) is 0.190. The van der Waals surface area contributed by atoms with Crippen molar-refractivity contribution in [2.24, 2.45) is 4.99 Å². The fourth-order valence-electron chi connectivity index (χ4n) is 11.1. The van der Waals surface area contributed by atoms with Gasteiger partial charge in [-0.25, -0.2) is 0 Å². The van der Waals surface area contributed by atoms with Crippen LogP contribution in [0.15, 0.2) is 163 Å². The van der Waals surface area contributed by atoms with E-state index in [2.05, 4.69) is 177 Å². The van der Waals surface area contributed by atoms with Crippen LogP contribution in [0.1, 0.15) is 90.9 Å². The predicted octanol–water partition coefficient (Wildman–Crippen LogP) is 14.4. The Kier molecular flexibility index (Phi) is 7.48. The Bertz CT molecular complexity index is 2980. The number of nitrogens with one attached hydrogen (secondary N) is 1. The van der Waals surface area contributed by atoms with E-state index in [-0.39, 0.29) is 16.9 Å². The Morgan fingerprint density at radius 2 is 1.26 bits per heavy atom. The number of benzene rings is 7. The standard InChI is InChI=1S/C55H44N2S/c1-54(2)45-25-15-21-37(51(45)43-32-47-41(31-46(43)54)38-20-10-11-24-44(38)55(47)28-12-5-13-29-55)36-26-27-50-42(30-36)39-22-14-23-40(52(39)58-50)49-33-48(34-16-6-3-7-17-34)56-53(57-49)35-18-8-4-9-19-35/h3-4,6-11,14-27,30-33,49H,5,12-13,28-29H2,1-2H3,(H,56,57). The van der Waals surface area contributed by atoms with Crippen LogP contribution >= 0.6 is 11.3 Å². The first-order valence-electron chi connectivity index (χ1n) is 21.0. The van der Waals surface area contributed by atoms with Gasteiger partial charge in [-0.05, 0) is 110 Å². The summed E-state index contributed by atoms with van der Waals surface area (Å²) in [7, 11) is 0. The fraction of sp³-hybridized carbons (Fsp3) is 0.182. The Labute approximate surface area is 344 Å². The lowest BCUT2D eigenvalue weighted by Crippen LogP contribution is -2.28. The molecule has 0 radical (unpaired) electrons. The third kappa shape index (κ3) is 4.93. The number of amidine groups is 1. The summed E-state index contributed by atoms with van der Waals surface area (Å²) in [5.41, 5.74) is 19.0. The Morgan fingerprint density at radius 1 is 0.552 bits per heavy atom.